The van der Waals surface area contributed by atoms with Crippen molar-refractivity contribution >= 4 is 16.3 Å². The number of fused-ring (bicyclic) bond motifs is 1. The number of phenols is 1. The fraction of sp³-hybridized carbons (Fsp3) is 0.250. The lowest BCUT2D eigenvalue weighted by Gasteiger charge is -2.00. The second kappa shape index (κ2) is 4.94. The molecule has 0 aliphatic rings. The van der Waals surface area contributed by atoms with E-state index in [9.17, 15) is 5.11 Å². The molecular formula is C12H13N5OS. The maximum atomic E-state index is 9.42. The molecule has 0 bridgehead atoms. The molecule has 0 radical (unpaired) electrons. The lowest BCUT2D eigenvalue weighted by molar-refractivity contribution is 0.474. The molecule has 2 heterocycles. The summed E-state index contributed by atoms with van der Waals surface area (Å²) in [4.78, 5) is 0.770. The van der Waals surface area contributed by atoms with E-state index in [-0.39, 0.29) is 5.75 Å². The van der Waals surface area contributed by atoms with Gasteiger partial charge < -0.3 is 10.8 Å². The summed E-state index contributed by atoms with van der Waals surface area (Å²) < 4.78 is 1.75. The molecule has 0 saturated heterocycles. The van der Waals surface area contributed by atoms with Gasteiger partial charge in [0.2, 0.25) is 4.96 Å². The number of aromatic hydroxyl groups is 1. The van der Waals surface area contributed by atoms with Crippen LogP contribution in [0.25, 0.3) is 4.96 Å². The number of aryl methyl sites for hydroxylation is 2. The van der Waals surface area contributed by atoms with E-state index in [1.54, 1.807) is 16.6 Å². The molecule has 0 amide bonds. The Bertz CT molecular complexity index is 705. The third kappa shape index (κ3) is 2.42. The van der Waals surface area contributed by atoms with Crippen LogP contribution in [0.2, 0.25) is 0 Å². The van der Waals surface area contributed by atoms with Gasteiger partial charge in [0, 0.05) is 13.0 Å². The fourth-order valence-corrected chi connectivity index (χ4v) is 2.63. The van der Waals surface area contributed by atoms with Crippen molar-refractivity contribution in [3.05, 3.63) is 40.7 Å². The van der Waals surface area contributed by atoms with Gasteiger partial charge in [0.05, 0.1) is 0 Å². The first-order valence-corrected chi connectivity index (χ1v) is 6.76. The van der Waals surface area contributed by atoms with Gasteiger partial charge in [-0.05, 0) is 24.1 Å². The molecule has 0 aliphatic carbocycles. The minimum absolute atomic E-state index is 0.281. The fourth-order valence-electron chi connectivity index (χ4n) is 1.90. The third-order valence-electron chi connectivity index (χ3n) is 2.82. The number of hydrogen-bond donors (Lipinski definition) is 2. The number of nitrogens with zero attached hydrogens (tertiary/aromatic N) is 4. The van der Waals surface area contributed by atoms with Crippen LogP contribution in [0.5, 0.6) is 5.75 Å². The number of aromatic nitrogens is 4. The van der Waals surface area contributed by atoms with Crippen LogP contribution in [-0.4, -0.2) is 24.9 Å². The van der Waals surface area contributed by atoms with Crippen molar-refractivity contribution < 1.29 is 5.11 Å². The summed E-state index contributed by atoms with van der Waals surface area (Å²) in [7, 11) is 0. The maximum Gasteiger partial charge on any atom is 0.234 e. The zero-order valence-corrected chi connectivity index (χ0v) is 11.0. The van der Waals surface area contributed by atoms with Crippen molar-refractivity contribution in [1.29, 1.82) is 0 Å². The highest BCUT2D eigenvalue weighted by Crippen LogP contribution is 2.16. The standard InChI is InChI=1S/C12H13N5OS/c13-7-11-16-17-10(14-15-12(17)19-11)5-4-8-2-1-3-9(18)6-8/h1-3,6,18H,4-5,7,13H2. The second-order valence-corrected chi connectivity index (χ2v) is 5.22. The molecule has 98 valence electrons. The van der Waals surface area contributed by atoms with Crippen LogP contribution < -0.4 is 5.73 Å². The average molecular weight is 275 g/mol. The molecule has 3 rings (SSSR count). The van der Waals surface area contributed by atoms with Gasteiger partial charge in [-0.1, -0.05) is 23.5 Å². The number of phenolic OH excluding ortho intramolecular Hbond substituents is 1. The van der Waals surface area contributed by atoms with E-state index in [1.807, 2.05) is 12.1 Å². The van der Waals surface area contributed by atoms with Gasteiger partial charge in [0.25, 0.3) is 0 Å². The summed E-state index contributed by atoms with van der Waals surface area (Å²) in [5, 5.41) is 22.8. The quantitative estimate of drug-likeness (QED) is 0.745. The highest BCUT2D eigenvalue weighted by atomic mass is 32.1. The first kappa shape index (κ1) is 12.1. The highest BCUT2D eigenvalue weighted by Gasteiger charge is 2.10. The largest absolute Gasteiger partial charge is 0.508 e. The van der Waals surface area contributed by atoms with Crippen LogP contribution in [0.3, 0.4) is 0 Å². The van der Waals surface area contributed by atoms with Crippen molar-refractivity contribution in [2.24, 2.45) is 5.73 Å². The molecule has 1 aromatic carbocycles. The average Bonchev–Trinajstić information content (AvgIpc) is 2.96. The Morgan fingerprint density at radius 3 is 2.95 bits per heavy atom. The summed E-state index contributed by atoms with van der Waals surface area (Å²) in [6, 6.07) is 7.22. The molecule has 3 aromatic rings. The van der Waals surface area contributed by atoms with Crippen LogP contribution in [-0.2, 0) is 19.4 Å². The first-order valence-electron chi connectivity index (χ1n) is 5.94. The van der Waals surface area contributed by atoms with Crippen molar-refractivity contribution in [3.8, 4) is 5.75 Å². The van der Waals surface area contributed by atoms with Crippen molar-refractivity contribution in [2.45, 2.75) is 19.4 Å². The maximum absolute atomic E-state index is 9.42. The SMILES string of the molecule is NCc1nn2c(CCc3cccc(O)c3)nnc2s1. The van der Waals surface area contributed by atoms with E-state index in [4.69, 9.17) is 5.73 Å². The van der Waals surface area contributed by atoms with E-state index in [0.717, 1.165) is 34.2 Å². The normalized spacial score (nSPS) is 11.2. The van der Waals surface area contributed by atoms with Gasteiger partial charge in [-0.15, -0.1) is 10.2 Å². The molecule has 0 atom stereocenters. The van der Waals surface area contributed by atoms with Gasteiger partial charge in [0.15, 0.2) is 5.82 Å². The predicted octanol–water partition coefficient (Wildman–Crippen LogP) is 1.14. The van der Waals surface area contributed by atoms with E-state index in [2.05, 4.69) is 15.3 Å². The Morgan fingerprint density at radius 1 is 1.26 bits per heavy atom. The zero-order chi connectivity index (χ0) is 13.2. The molecule has 0 spiro atoms. The minimum atomic E-state index is 0.281. The lowest BCUT2D eigenvalue weighted by Crippen LogP contribution is -2.01. The first-order chi connectivity index (χ1) is 9.26. The van der Waals surface area contributed by atoms with Gasteiger partial charge >= 0.3 is 0 Å². The van der Waals surface area contributed by atoms with E-state index >= 15 is 0 Å². The van der Waals surface area contributed by atoms with Crippen LogP contribution in [0.15, 0.2) is 24.3 Å². The molecule has 0 aliphatic heterocycles. The van der Waals surface area contributed by atoms with Crippen LogP contribution in [0.4, 0.5) is 0 Å². The van der Waals surface area contributed by atoms with Crippen LogP contribution >= 0.6 is 11.3 Å². The van der Waals surface area contributed by atoms with Crippen molar-refractivity contribution in [2.75, 3.05) is 0 Å². The van der Waals surface area contributed by atoms with Gasteiger partial charge in [0.1, 0.15) is 10.8 Å². The Hall–Kier alpha value is -1.99. The monoisotopic (exact) mass is 275 g/mol. The zero-order valence-electron chi connectivity index (χ0n) is 10.2. The Labute approximate surface area is 113 Å². The molecule has 7 heteroatoms. The second-order valence-electron chi connectivity index (χ2n) is 4.18. The van der Waals surface area contributed by atoms with Crippen LogP contribution in [0, 0.1) is 0 Å². The molecule has 0 saturated carbocycles. The van der Waals surface area contributed by atoms with E-state index in [0.29, 0.717) is 6.54 Å². The predicted molar refractivity (Wildman–Crippen MR) is 72.1 cm³/mol. The summed E-state index contributed by atoms with van der Waals surface area (Å²) in [5.74, 6) is 1.09. The molecular weight excluding hydrogens is 262 g/mol. The molecule has 0 fully saturated rings. The smallest absolute Gasteiger partial charge is 0.234 e. The number of hydrogen-bond acceptors (Lipinski definition) is 6. The van der Waals surface area contributed by atoms with Gasteiger partial charge in [-0.2, -0.15) is 9.61 Å². The van der Waals surface area contributed by atoms with Gasteiger partial charge in [-0.3, -0.25) is 0 Å². The third-order valence-corrected chi connectivity index (χ3v) is 3.74. The van der Waals surface area contributed by atoms with E-state index < -0.39 is 0 Å². The Morgan fingerprint density at radius 2 is 2.16 bits per heavy atom. The summed E-state index contributed by atoms with van der Waals surface area (Å²) in [6.07, 6.45) is 1.50. The summed E-state index contributed by atoms with van der Waals surface area (Å²) in [5.41, 5.74) is 6.62. The molecule has 3 N–H and O–H groups in total. The summed E-state index contributed by atoms with van der Waals surface area (Å²) >= 11 is 1.46. The summed E-state index contributed by atoms with van der Waals surface area (Å²) in [6.45, 7) is 0.417. The van der Waals surface area contributed by atoms with Gasteiger partial charge in [-0.25, -0.2) is 0 Å². The minimum Gasteiger partial charge on any atom is -0.508 e. The van der Waals surface area contributed by atoms with E-state index in [1.165, 1.54) is 11.3 Å². The Kier molecular flexibility index (Phi) is 3.14. The van der Waals surface area contributed by atoms with Crippen molar-refractivity contribution in [1.82, 2.24) is 19.8 Å². The molecule has 2 aromatic heterocycles. The molecule has 0 unspecified atom stereocenters. The molecule has 19 heavy (non-hydrogen) atoms. The highest BCUT2D eigenvalue weighted by molar-refractivity contribution is 7.16. The van der Waals surface area contributed by atoms with Crippen molar-refractivity contribution in [3.63, 3.8) is 0 Å². The van der Waals surface area contributed by atoms with Crippen LogP contribution in [0.1, 0.15) is 16.4 Å². The topological polar surface area (TPSA) is 89.3 Å². The number of benzene rings is 1. The lowest BCUT2D eigenvalue weighted by atomic mass is 10.1. The Balaban J connectivity index is 1.79. The number of rotatable bonds is 4. The molecule has 6 nitrogen and oxygen atoms in total. The number of nitrogens with two attached hydrogens (primary N) is 1.